The number of aromatic nitrogens is 1. The number of rotatable bonds is 2. The largest absolute Gasteiger partial charge is 0.418 e. The summed E-state index contributed by atoms with van der Waals surface area (Å²) in [5.74, 6) is 0.343. The molecule has 1 heterocycles. The molecule has 0 saturated heterocycles. The van der Waals surface area contributed by atoms with Crippen LogP contribution in [-0.4, -0.2) is 4.57 Å². The highest BCUT2D eigenvalue weighted by Crippen LogP contribution is 2.33. The summed E-state index contributed by atoms with van der Waals surface area (Å²) in [6.07, 6.45) is -4.24. The van der Waals surface area contributed by atoms with Crippen LogP contribution >= 0.6 is 0 Å². The van der Waals surface area contributed by atoms with Crippen LogP contribution in [0, 0.1) is 19.8 Å². The van der Waals surface area contributed by atoms with Crippen molar-refractivity contribution in [1.82, 2.24) is 4.57 Å². The molecule has 0 aromatic carbocycles. The van der Waals surface area contributed by atoms with Gasteiger partial charge in [0.2, 0.25) is 0 Å². The zero-order chi connectivity index (χ0) is 11.8. The van der Waals surface area contributed by atoms with Gasteiger partial charge in [-0.05, 0) is 25.8 Å². The molecule has 15 heavy (non-hydrogen) atoms. The first-order chi connectivity index (χ1) is 6.73. The van der Waals surface area contributed by atoms with E-state index < -0.39 is 11.7 Å². The Hall–Kier alpha value is -0.930. The minimum absolute atomic E-state index is 0.314. The van der Waals surface area contributed by atoms with Crippen LogP contribution in [0.5, 0.6) is 0 Å². The second-order valence-corrected chi connectivity index (χ2v) is 4.29. The maximum atomic E-state index is 12.6. The average molecular weight is 219 g/mol. The lowest BCUT2D eigenvalue weighted by atomic mass is 10.2. The zero-order valence-electron chi connectivity index (χ0n) is 9.44. The molecule has 0 bridgehead atoms. The molecule has 1 aromatic heterocycles. The van der Waals surface area contributed by atoms with Crippen LogP contribution in [0.1, 0.15) is 30.8 Å². The summed E-state index contributed by atoms with van der Waals surface area (Å²) in [5.41, 5.74) is 0.475. The van der Waals surface area contributed by atoms with E-state index in [2.05, 4.69) is 0 Å². The van der Waals surface area contributed by atoms with E-state index in [1.54, 1.807) is 11.5 Å². The van der Waals surface area contributed by atoms with Crippen molar-refractivity contribution in [1.29, 1.82) is 0 Å². The van der Waals surface area contributed by atoms with Crippen LogP contribution in [0.3, 0.4) is 0 Å². The van der Waals surface area contributed by atoms with E-state index >= 15 is 0 Å². The van der Waals surface area contributed by atoms with E-state index in [-0.39, 0.29) is 0 Å². The van der Waals surface area contributed by atoms with Crippen LogP contribution in [0.25, 0.3) is 0 Å². The third-order valence-electron chi connectivity index (χ3n) is 2.43. The van der Waals surface area contributed by atoms with Gasteiger partial charge in [0.15, 0.2) is 0 Å². The topological polar surface area (TPSA) is 4.93 Å². The number of hydrogen-bond donors (Lipinski definition) is 0. The Morgan fingerprint density at radius 1 is 1.27 bits per heavy atom. The molecule has 0 spiro atoms. The SMILES string of the molecule is Cc1cc(C(F)(F)F)c(C)n1CC(C)C. The lowest BCUT2D eigenvalue weighted by molar-refractivity contribution is -0.138. The van der Waals surface area contributed by atoms with Gasteiger partial charge in [0.05, 0.1) is 5.56 Å². The van der Waals surface area contributed by atoms with E-state index in [4.69, 9.17) is 0 Å². The summed E-state index contributed by atoms with van der Waals surface area (Å²) in [4.78, 5) is 0. The number of alkyl halides is 3. The summed E-state index contributed by atoms with van der Waals surface area (Å²) in [7, 11) is 0. The van der Waals surface area contributed by atoms with Gasteiger partial charge in [0, 0.05) is 17.9 Å². The first-order valence-corrected chi connectivity index (χ1v) is 4.97. The van der Waals surface area contributed by atoms with E-state index in [1.165, 1.54) is 13.0 Å². The third-order valence-corrected chi connectivity index (χ3v) is 2.43. The Labute approximate surface area is 87.9 Å². The summed E-state index contributed by atoms with van der Waals surface area (Å²) in [6, 6.07) is 1.22. The Morgan fingerprint density at radius 3 is 2.13 bits per heavy atom. The number of nitrogens with zero attached hydrogens (tertiary/aromatic N) is 1. The molecule has 0 aliphatic heterocycles. The fourth-order valence-electron chi connectivity index (χ4n) is 1.73. The zero-order valence-corrected chi connectivity index (χ0v) is 9.44. The van der Waals surface area contributed by atoms with Gasteiger partial charge in [-0.2, -0.15) is 13.2 Å². The van der Waals surface area contributed by atoms with Crippen LogP contribution in [0.2, 0.25) is 0 Å². The quantitative estimate of drug-likeness (QED) is 0.713. The highest BCUT2D eigenvalue weighted by Gasteiger charge is 2.34. The molecule has 1 nitrogen and oxygen atoms in total. The molecule has 0 fully saturated rings. The highest BCUT2D eigenvalue weighted by molar-refractivity contribution is 5.29. The standard InChI is InChI=1S/C11H16F3N/c1-7(2)6-15-8(3)5-10(9(15)4)11(12,13)14/h5,7H,6H2,1-4H3. The lowest BCUT2D eigenvalue weighted by Crippen LogP contribution is -2.10. The minimum Gasteiger partial charge on any atom is -0.348 e. The highest BCUT2D eigenvalue weighted by atomic mass is 19.4. The predicted octanol–water partition coefficient (Wildman–Crippen LogP) is 3.78. The van der Waals surface area contributed by atoms with Crippen molar-refractivity contribution in [3.8, 4) is 0 Å². The average Bonchev–Trinajstić information content (AvgIpc) is 2.30. The van der Waals surface area contributed by atoms with Crippen LogP contribution < -0.4 is 0 Å². The molecule has 86 valence electrons. The van der Waals surface area contributed by atoms with E-state index in [1.807, 2.05) is 13.8 Å². The fraction of sp³-hybridized carbons (Fsp3) is 0.636. The van der Waals surface area contributed by atoms with Gasteiger partial charge >= 0.3 is 6.18 Å². The molecule has 0 atom stereocenters. The van der Waals surface area contributed by atoms with Crippen molar-refractivity contribution in [3.63, 3.8) is 0 Å². The number of hydrogen-bond acceptors (Lipinski definition) is 0. The molecule has 1 rings (SSSR count). The first kappa shape index (κ1) is 12.1. The second-order valence-electron chi connectivity index (χ2n) is 4.29. The monoisotopic (exact) mass is 219 g/mol. The number of aryl methyl sites for hydroxylation is 1. The molecular weight excluding hydrogens is 203 g/mol. The van der Waals surface area contributed by atoms with Crippen molar-refractivity contribution < 1.29 is 13.2 Å². The molecule has 0 aliphatic carbocycles. The van der Waals surface area contributed by atoms with Crippen molar-refractivity contribution >= 4 is 0 Å². The predicted molar refractivity (Wildman–Crippen MR) is 53.7 cm³/mol. The minimum atomic E-state index is -4.24. The normalized spacial score (nSPS) is 12.5. The molecule has 0 N–H and O–H groups in total. The Kier molecular flexibility index (Phi) is 3.16. The van der Waals surface area contributed by atoms with Crippen molar-refractivity contribution in [2.24, 2.45) is 5.92 Å². The van der Waals surface area contributed by atoms with Gasteiger partial charge in [-0.25, -0.2) is 0 Å². The van der Waals surface area contributed by atoms with Crippen molar-refractivity contribution in [3.05, 3.63) is 23.0 Å². The molecule has 4 heteroatoms. The fourth-order valence-corrected chi connectivity index (χ4v) is 1.73. The Bertz CT molecular complexity index is 347. The summed E-state index contributed by atoms with van der Waals surface area (Å²) >= 11 is 0. The van der Waals surface area contributed by atoms with Crippen LogP contribution in [0.15, 0.2) is 6.07 Å². The maximum absolute atomic E-state index is 12.6. The van der Waals surface area contributed by atoms with Gasteiger partial charge in [-0.15, -0.1) is 0 Å². The van der Waals surface area contributed by atoms with Gasteiger partial charge < -0.3 is 4.57 Å². The van der Waals surface area contributed by atoms with Crippen molar-refractivity contribution in [2.75, 3.05) is 0 Å². The van der Waals surface area contributed by atoms with Gasteiger partial charge in [-0.3, -0.25) is 0 Å². The Balaban J connectivity index is 3.15. The number of halogens is 3. The molecule has 0 aliphatic rings. The van der Waals surface area contributed by atoms with E-state index in [9.17, 15) is 13.2 Å². The second kappa shape index (κ2) is 3.91. The van der Waals surface area contributed by atoms with Crippen molar-refractivity contribution in [2.45, 2.75) is 40.4 Å². The molecule has 0 saturated carbocycles. The maximum Gasteiger partial charge on any atom is 0.418 e. The molecule has 0 amide bonds. The molecule has 0 unspecified atom stereocenters. The summed E-state index contributed by atoms with van der Waals surface area (Å²) < 4.78 is 39.4. The summed E-state index contributed by atoms with van der Waals surface area (Å²) in [6.45, 7) is 7.86. The molecule has 1 aromatic rings. The smallest absolute Gasteiger partial charge is 0.348 e. The van der Waals surface area contributed by atoms with Crippen LogP contribution in [-0.2, 0) is 12.7 Å². The molecule has 0 radical (unpaired) electrons. The first-order valence-electron chi connectivity index (χ1n) is 4.97. The summed E-state index contributed by atoms with van der Waals surface area (Å²) in [5, 5.41) is 0. The lowest BCUT2D eigenvalue weighted by Gasteiger charge is -2.13. The Morgan fingerprint density at radius 2 is 1.80 bits per heavy atom. The van der Waals surface area contributed by atoms with Crippen LogP contribution in [0.4, 0.5) is 13.2 Å². The van der Waals surface area contributed by atoms with E-state index in [0.717, 1.165) is 0 Å². The molecular formula is C11H16F3N. The van der Waals surface area contributed by atoms with E-state index in [0.29, 0.717) is 23.9 Å². The third kappa shape index (κ3) is 2.55. The van der Waals surface area contributed by atoms with Gasteiger partial charge in [-0.1, -0.05) is 13.8 Å². The van der Waals surface area contributed by atoms with Gasteiger partial charge in [0.25, 0.3) is 0 Å². The van der Waals surface area contributed by atoms with Gasteiger partial charge in [0.1, 0.15) is 0 Å².